The third kappa shape index (κ3) is 2.45. The van der Waals surface area contributed by atoms with Gasteiger partial charge < -0.3 is 14.6 Å². The summed E-state index contributed by atoms with van der Waals surface area (Å²) in [5, 5.41) is 9.43. The summed E-state index contributed by atoms with van der Waals surface area (Å²) in [6.45, 7) is -0.220. The second-order valence-electron chi connectivity index (χ2n) is 4.68. The molecule has 1 saturated heterocycles. The van der Waals surface area contributed by atoms with Gasteiger partial charge >= 0.3 is 0 Å². The Morgan fingerprint density at radius 1 is 0.950 bits per heavy atom. The molecule has 1 aliphatic rings. The van der Waals surface area contributed by atoms with E-state index in [0.717, 1.165) is 5.56 Å². The molecule has 2 aromatic carbocycles. The fourth-order valence-electron chi connectivity index (χ4n) is 2.37. The van der Waals surface area contributed by atoms with Gasteiger partial charge in [-0.05, 0) is 6.07 Å². The summed E-state index contributed by atoms with van der Waals surface area (Å²) >= 11 is 0. The van der Waals surface area contributed by atoms with Crippen LogP contribution in [-0.4, -0.2) is 17.8 Å². The highest BCUT2D eigenvalue weighted by Crippen LogP contribution is 2.40. The van der Waals surface area contributed by atoms with Crippen LogP contribution in [0.4, 0.5) is 4.39 Å². The number of benzene rings is 2. The summed E-state index contributed by atoms with van der Waals surface area (Å²) in [6, 6.07) is 15.8. The minimum Gasteiger partial charge on any atom is -0.394 e. The highest BCUT2D eigenvalue weighted by molar-refractivity contribution is 5.23. The number of rotatable bonds is 3. The molecule has 4 heteroatoms. The van der Waals surface area contributed by atoms with Crippen LogP contribution in [0.25, 0.3) is 0 Å². The number of ether oxygens (including phenoxy) is 2. The van der Waals surface area contributed by atoms with E-state index in [-0.39, 0.29) is 12.4 Å². The van der Waals surface area contributed by atoms with Crippen molar-refractivity contribution in [1.29, 1.82) is 0 Å². The van der Waals surface area contributed by atoms with Gasteiger partial charge in [0.25, 0.3) is 0 Å². The fraction of sp³-hybridized carbons (Fsp3) is 0.250. The van der Waals surface area contributed by atoms with Crippen LogP contribution in [0.3, 0.4) is 0 Å². The van der Waals surface area contributed by atoms with E-state index >= 15 is 0 Å². The molecule has 0 saturated carbocycles. The molecule has 20 heavy (non-hydrogen) atoms. The van der Waals surface area contributed by atoms with Crippen molar-refractivity contribution in [3.05, 3.63) is 71.5 Å². The van der Waals surface area contributed by atoms with E-state index in [4.69, 9.17) is 9.47 Å². The molecule has 0 aromatic heterocycles. The maximum atomic E-state index is 13.9. The Balaban J connectivity index is 1.87. The van der Waals surface area contributed by atoms with E-state index in [0.29, 0.717) is 5.56 Å². The minimum atomic E-state index is -0.605. The third-order valence-corrected chi connectivity index (χ3v) is 3.37. The molecule has 3 atom stereocenters. The smallest absolute Gasteiger partial charge is 0.185 e. The molecule has 1 unspecified atom stereocenters. The minimum absolute atomic E-state index is 0.220. The molecule has 104 valence electrons. The molecule has 0 amide bonds. The standard InChI is InChI=1S/C16H15FO3/c17-13-9-5-4-8-12(13)15-14(10-18)19-16(20-15)11-6-2-1-3-7-11/h1-9,14-16,18H,10H2/t14-,15-,16?/m1/s1. The lowest BCUT2D eigenvalue weighted by Crippen LogP contribution is -2.20. The zero-order valence-corrected chi connectivity index (χ0v) is 10.8. The SMILES string of the molecule is OC[C@H]1OC(c2ccccc2)O[C@@H]1c1ccccc1F. The Morgan fingerprint density at radius 3 is 2.35 bits per heavy atom. The van der Waals surface area contributed by atoms with Crippen molar-refractivity contribution in [3.63, 3.8) is 0 Å². The number of halogens is 1. The lowest BCUT2D eigenvalue weighted by Gasteiger charge is -2.15. The Labute approximate surface area is 116 Å². The van der Waals surface area contributed by atoms with Gasteiger partial charge in [0.1, 0.15) is 18.0 Å². The number of hydrogen-bond acceptors (Lipinski definition) is 3. The van der Waals surface area contributed by atoms with Crippen molar-refractivity contribution in [2.75, 3.05) is 6.61 Å². The van der Waals surface area contributed by atoms with Crippen LogP contribution >= 0.6 is 0 Å². The first-order valence-electron chi connectivity index (χ1n) is 6.50. The molecule has 3 nitrogen and oxygen atoms in total. The van der Waals surface area contributed by atoms with Crippen molar-refractivity contribution < 1.29 is 19.0 Å². The predicted octanol–water partition coefficient (Wildman–Crippen LogP) is 2.97. The van der Waals surface area contributed by atoms with Crippen LogP contribution in [-0.2, 0) is 9.47 Å². The number of hydrogen-bond donors (Lipinski definition) is 1. The van der Waals surface area contributed by atoms with Crippen molar-refractivity contribution in [1.82, 2.24) is 0 Å². The lowest BCUT2D eigenvalue weighted by molar-refractivity contribution is -0.0741. The highest BCUT2D eigenvalue weighted by atomic mass is 19.1. The van der Waals surface area contributed by atoms with Crippen LogP contribution in [0.1, 0.15) is 23.5 Å². The van der Waals surface area contributed by atoms with Crippen LogP contribution in [0.15, 0.2) is 54.6 Å². The summed E-state index contributed by atoms with van der Waals surface area (Å²) in [4.78, 5) is 0. The molecule has 3 rings (SSSR count). The van der Waals surface area contributed by atoms with Gasteiger partial charge in [-0.15, -0.1) is 0 Å². The van der Waals surface area contributed by atoms with Gasteiger partial charge in [-0.3, -0.25) is 0 Å². The first-order chi connectivity index (χ1) is 9.79. The topological polar surface area (TPSA) is 38.7 Å². The van der Waals surface area contributed by atoms with E-state index in [1.54, 1.807) is 18.2 Å². The van der Waals surface area contributed by atoms with Crippen LogP contribution in [0.5, 0.6) is 0 Å². The van der Waals surface area contributed by atoms with E-state index < -0.39 is 18.5 Å². The Morgan fingerprint density at radius 2 is 1.65 bits per heavy atom. The molecule has 2 aromatic rings. The molecule has 1 fully saturated rings. The molecule has 0 spiro atoms. The van der Waals surface area contributed by atoms with Gasteiger partial charge in [0.05, 0.1) is 6.61 Å². The average molecular weight is 274 g/mol. The van der Waals surface area contributed by atoms with Crippen molar-refractivity contribution in [2.24, 2.45) is 0 Å². The summed E-state index contributed by atoms with van der Waals surface area (Å²) < 4.78 is 25.3. The molecular weight excluding hydrogens is 259 g/mol. The first-order valence-corrected chi connectivity index (χ1v) is 6.50. The second kappa shape index (κ2) is 5.71. The molecular formula is C16H15FO3. The van der Waals surface area contributed by atoms with E-state index in [1.165, 1.54) is 6.07 Å². The van der Waals surface area contributed by atoms with Crippen LogP contribution in [0, 0.1) is 5.82 Å². The molecule has 1 aliphatic heterocycles. The Kier molecular flexibility index (Phi) is 3.78. The van der Waals surface area contributed by atoms with Crippen molar-refractivity contribution in [3.8, 4) is 0 Å². The van der Waals surface area contributed by atoms with Crippen LogP contribution in [0.2, 0.25) is 0 Å². The van der Waals surface area contributed by atoms with E-state index in [1.807, 2.05) is 30.3 Å². The number of aliphatic hydroxyl groups excluding tert-OH is 1. The zero-order chi connectivity index (χ0) is 13.9. The molecule has 0 radical (unpaired) electrons. The van der Waals surface area contributed by atoms with E-state index in [9.17, 15) is 9.50 Å². The molecule has 0 aliphatic carbocycles. The van der Waals surface area contributed by atoms with Crippen molar-refractivity contribution >= 4 is 0 Å². The van der Waals surface area contributed by atoms with Gasteiger partial charge in [0, 0.05) is 11.1 Å². The number of aliphatic hydroxyl groups is 1. The van der Waals surface area contributed by atoms with Gasteiger partial charge in [-0.2, -0.15) is 0 Å². The monoisotopic (exact) mass is 274 g/mol. The normalized spacial score (nSPS) is 25.8. The second-order valence-corrected chi connectivity index (χ2v) is 4.68. The fourth-order valence-corrected chi connectivity index (χ4v) is 2.37. The van der Waals surface area contributed by atoms with E-state index in [2.05, 4.69) is 0 Å². The Bertz CT molecular complexity index is 573. The maximum absolute atomic E-state index is 13.9. The highest BCUT2D eigenvalue weighted by Gasteiger charge is 2.38. The Hall–Kier alpha value is -1.75. The average Bonchev–Trinajstić information content (AvgIpc) is 2.93. The quantitative estimate of drug-likeness (QED) is 0.935. The van der Waals surface area contributed by atoms with Gasteiger partial charge in [-0.1, -0.05) is 48.5 Å². The van der Waals surface area contributed by atoms with Gasteiger partial charge in [-0.25, -0.2) is 4.39 Å². The summed E-state index contributed by atoms with van der Waals surface area (Å²) in [6.07, 6.45) is -1.76. The summed E-state index contributed by atoms with van der Waals surface area (Å²) in [5.41, 5.74) is 1.26. The molecule has 1 N–H and O–H groups in total. The van der Waals surface area contributed by atoms with Gasteiger partial charge in [0.2, 0.25) is 0 Å². The summed E-state index contributed by atoms with van der Waals surface area (Å²) in [7, 11) is 0. The summed E-state index contributed by atoms with van der Waals surface area (Å²) in [5.74, 6) is -0.353. The zero-order valence-electron chi connectivity index (χ0n) is 10.8. The van der Waals surface area contributed by atoms with Crippen LogP contribution < -0.4 is 0 Å². The van der Waals surface area contributed by atoms with Gasteiger partial charge in [0.15, 0.2) is 6.29 Å². The predicted molar refractivity (Wildman–Crippen MR) is 71.4 cm³/mol. The first kappa shape index (κ1) is 13.2. The maximum Gasteiger partial charge on any atom is 0.185 e. The largest absolute Gasteiger partial charge is 0.394 e. The molecule has 1 heterocycles. The molecule has 0 bridgehead atoms. The third-order valence-electron chi connectivity index (χ3n) is 3.37. The lowest BCUT2D eigenvalue weighted by atomic mass is 10.0. The van der Waals surface area contributed by atoms with Crippen molar-refractivity contribution in [2.45, 2.75) is 18.5 Å².